The molecule has 1 N–H and O–H groups in total. The molecule has 1 unspecified atom stereocenters. The summed E-state index contributed by atoms with van der Waals surface area (Å²) in [7, 11) is 1.60. The molecule has 1 atom stereocenters. The number of carbonyl (C=O) groups excluding carboxylic acids is 2. The van der Waals surface area contributed by atoms with Crippen molar-refractivity contribution in [2.24, 2.45) is 0 Å². The van der Waals surface area contributed by atoms with Crippen molar-refractivity contribution >= 4 is 45.8 Å². The van der Waals surface area contributed by atoms with Crippen molar-refractivity contribution in [2.75, 3.05) is 25.2 Å². The topological polar surface area (TPSA) is 67.9 Å². The molecule has 2 aliphatic rings. The average molecular weight is 443 g/mol. The van der Waals surface area contributed by atoms with Crippen LogP contribution in [0.4, 0.5) is 5.69 Å². The van der Waals surface area contributed by atoms with Gasteiger partial charge in [0.25, 0.3) is 0 Å². The van der Waals surface area contributed by atoms with Crippen LogP contribution in [-0.4, -0.2) is 41.6 Å². The number of anilines is 1. The molecular formula is C22H22N2O4S2. The number of nitrogens with one attached hydrogen (secondary N) is 1. The molecule has 0 aromatic heterocycles. The molecule has 0 radical (unpaired) electrons. The first-order valence-corrected chi connectivity index (χ1v) is 11.0. The van der Waals surface area contributed by atoms with E-state index in [1.54, 1.807) is 12.0 Å². The molecule has 2 aromatic carbocycles. The number of ether oxygens (including phenoxy) is 2. The highest BCUT2D eigenvalue weighted by atomic mass is 32.2. The number of nitrogens with zero attached hydrogens (tertiary/aromatic N) is 1. The van der Waals surface area contributed by atoms with Crippen LogP contribution in [0.15, 0.2) is 42.5 Å². The van der Waals surface area contributed by atoms with Crippen molar-refractivity contribution in [3.8, 4) is 11.5 Å². The normalized spacial score (nSPS) is 18.2. The second kappa shape index (κ2) is 9.06. The van der Waals surface area contributed by atoms with E-state index in [0.717, 1.165) is 22.6 Å². The molecule has 0 saturated carbocycles. The zero-order chi connectivity index (χ0) is 21.1. The maximum absolute atomic E-state index is 12.7. The zero-order valence-corrected chi connectivity index (χ0v) is 18.2. The van der Waals surface area contributed by atoms with E-state index in [4.69, 9.17) is 21.7 Å². The first-order chi connectivity index (χ1) is 14.6. The molecular weight excluding hydrogens is 420 g/mol. The van der Waals surface area contributed by atoms with Crippen molar-refractivity contribution in [1.29, 1.82) is 0 Å². The number of carbonyl (C=O) groups is 2. The van der Waals surface area contributed by atoms with Crippen molar-refractivity contribution in [1.82, 2.24) is 5.32 Å². The maximum atomic E-state index is 12.7. The number of hydrogen-bond acceptors (Lipinski definition) is 6. The Morgan fingerprint density at radius 1 is 1.17 bits per heavy atom. The Bertz CT molecular complexity index is 981. The molecule has 156 valence electrons. The van der Waals surface area contributed by atoms with Gasteiger partial charge in [-0.1, -0.05) is 48.2 Å². The maximum Gasteiger partial charge on any atom is 0.239 e. The van der Waals surface area contributed by atoms with Crippen molar-refractivity contribution < 1.29 is 19.1 Å². The van der Waals surface area contributed by atoms with E-state index >= 15 is 0 Å². The molecule has 1 saturated heterocycles. The van der Waals surface area contributed by atoms with E-state index in [2.05, 4.69) is 5.32 Å². The number of fused-ring (bicyclic) bond motifs is 1. The highest BCUT2D eigenvalue weighted by molar-refractivity contribution is 8.24. The minimum atomic E-state index is -0.248. The Kier molecular flexibility index (Phi) is 6.24. The average Bonchev–Trinajstić information content (AvgIpc) is 3.07. The van der Waals surface area contributed by atoms with Crippen LogP contribution >= 0.6 is 24.0 Å². The summed E-state index contributed by atoms with van der Waals surface area (Å²) in [6.45, 7) is 0.793. The van der Waals surface area contributed by atoms with Gasteiger partial charge in [0.15, 0.2) is 0 Å². The number of thiocarbonyl (C=S) groups is 1. The second-order valence-corrected chi connectivity index (χ2v) is 8.93. The van der Waals surface area contributed by atoms with Crippen LogP contribution in [0.5, 0.6) is 11.5 Å². The van der Waals surface area contributed by atoms with Gasteiger partial charge in [-0.2, -0.15) is 0 Å². The third kappa shape index (κ3) is 4.29. The highest BCUT2D eigenvalue weighted by Crippen LogP contribution is 2.40. The van der Waals surface area contributed by atoms with Gasteiger partial charge >= 0.3 is 0 Å². The lowest BCUT2D eigenvalue weighted by atomic mass is 9.92. The SMILES string of the molecule is COc1ccc(CC2SC(=S)NC2=O)c2c1N(CCOc1ccccc1)C(=O)CC2. The van der Waals surface area contributed by atoms with E-state index in [1.165, 1.54) is 11.8 Å². The Morgan fingerprint density at radius 3 is 2.67 bits per heavy atom. The lowest BCUT2D eigenvalue weighted by Crippen LogP contribution is -2.39. The van der Waals surface area contributed by atoms with Crippen LogP contribution in [0.3, 0.4) is 0 Å². The van der Waals surface area contributed by atoms with Crippen LogP contribution in [0.1, 0.15) is 17.5 Å². The van der Waals surface area contributed by atoms with E-state index in [-0.39, 0.29) is 17.1 Å². The monoisotopic (exact) mass is 442 g/mol. The van der Waals surface area contributed by atoms with Gasteiger partial charge in [0.05, 0.1) is 24.6 Å². The molecule has 0 aliphatic carbocycles. The molecule has 2 aliphatic heterocycles. The molecule has 6 nitrogen and oxygen atoms in total. The Labute approximate surface area is 184 Å². The fourth-order valence-electron chi connectivity index (χ4n) is 3.81. The van der Waals surface area contributed by atoms with Gasteiger partial charge in [0, 0.05) is 6.42 Å². The lowest BCUT2D eigenvalue weighted by Gasteiger charge is -2.32. The van der Waals surface area contributed by atoms with E-state index < -0.39 is 0 Å². The highest BCUT2D eigenvalue weighted by Gasteiger charge is 2.33. The van der Waals surface area contributed by atoms with Crippen molar-refractivity contribution in [2.45, 2.75) is 24.5 Å². The standard InChI is InChI=1S/C22H22N2O4S2/c1-27-17-9-7-14(13-18-21(26)23-22(29)30-18)16-8-10-19(25)24(20(16)17)11-12-28-15-5-3-2-4-6-15/h2-7,9,18H,8,10-13H2,1H3,(H,23,26,29). The number of rotatable bonds is 7. The smallest absolute Gasteiger partial charge is 0.239 e. The van der Waals surface area contributed by atoms with Crippen molar-refractivity contribution in [3.05, 3.63) is 53.6 Å². The van der Waals surface area contributed by atoms with Gasteiger partial charge in [-0.15, -0.1) is 0 Å². The minimum Gasteiger partial charge on any atom is -0.495 e. The Hall–Kier alpha value is -2.58. The van der Waals surface area contributed by atoms with Gasteiger partial charge in [-0.05, 0) is 42.2 Å². The molecule has 4 rings (SSSR count). The fraction of sp³-hybridized carbons (Fsp3) is 0.318. The number of amides is 2. The first kappa shape index (κ1) is 20.7. The van der Waals surface area contributed by atoms with Crippen LogP contribution < -0.4 is 19.7 Å². The molecule has 1 fully saturated rings. The van der Waals surface area contributed by atoms with E-state index in [1.807, 2.05) is 42.5 Å². The van der Waals surface area contributed by atoms with Crippen molar-refractivity contribution in [3.63, 3.8) is 0 Å². The number of para-hydroxylation sites is 1. The summed E-state index contributed by atoms with van der Waals surface area (Å²) in [5, 5.41) is 2.45. The van der Waals surface area contributed by atoms with Gasteiger partial charge in [0.1, 0.15) is 22.4 Å². The van der Waals surface area contributed by atoms with Gasteiger partial charge < -0.3 is 19.7 Å². The quantitative estimate of drug-likeness (QED) is 0.665. The predicted molar refractivity (Wildman–Crippen MR) is 121 cm³/mol. The fourth-order valence-corrected chi connectivity index (χ4v) is 5.11. The molecule has 0 bridgehead atoms. The van der Waals surface area contributed by atoms with Gasteiger partial charge in [-0.3, -0.25) is 9.59 Å². The van der Waals surface area contributed by atoms with Crippen LogP contribution in [0, 0.1) is 0 Å². The summed E-state index contributed by atoms with van der Waals surface area (Å²) in [4.78, 5) is 26.6. The number of methoxy groups -OCH3 is 1. The molecule has 8 heteroatoms. The summed E-state index contributed by atoms with van der Waals surface area (Å²) >= 11 is 6.50. The predicted octanol–water partition coefficient (Wildman–Crippen LogP) is 3.11. The summed E-state index contributed by atoms with van der Waals surface area (Å²) < 4.78 is 11.9. The van der Waals surface area contributed by atoms with Gasteiger partial charge in [0.2, 0.25) is 11.8 Å². The number of thioether (sulfide) groups is 1. The third-order valence-corrected chi connectivity index (χ3v) is 6.59. The summed E-state index contributed by atoms with van der Waals surface area (Å²) in [5.74, 6) is 1.40. The number of benzene rings is 2. The molecule has 30 heavy (non-hydrogen) atoms. The van der Waals surface area contributed by atoms with E-state index in [9.17, 15) is 9.59 Å². The largest absolute Gasteiger partial charge is 0.495 e. The summed E-state index contributed by atoms with van der Waals surface area (Å²) in [5.41, 5.74) is 2.89. The Morgan fingerprint density at radius 2 is 1.97 bits per heavy atom. The first-order valence-electron chi connectivity index (χ1n) is 9.75. The molecule has 2 heterocycles. The van der Waals surface area contributed by atoms with Crippen LogP contribution in [0.2, 0.25) is 0 Å². The Balaban J connectivity index is 1.58. The molecule has 0 spiro atoms. The second-order valence-electron chi connectivity index (χ2n) is 7.05. The lowest BCUT2D eigenvalue weighted by molar-refractivity contribution is -0.119. The summed E-state index contributed by atoms with van der Waals surface area (Å²) in [6, 6.07) is 13.4. The van der Waals surface area contributed by atoms with E-state index in [0.29, 0.717) is 42.5 Å². The van der Waals surface area contributed by atoms with Crippen LogP contribution in [-0.2, 0) is 22.4 Å². The number of hydrogen-bond donors (Lipinski definition) is 1. The zero-order valence-electron chi connectivity index (χ0n) is 16.6. The molecule has 2 amide bonds. The third-order valence-electron chi connectivity index (χ3n) is 5.22. The van der Waals surface area contributed by atoms with Crippen LogP contribution in [0.25, 0.3) is 0 Å². The van der Waals surface area contributed by atoms with Gasteiger partial charge in [-0.25, -0.2) is 0 Å². The minimum absolute atomic E-state index is 0.0452. The summed E-state index contributed by atoms with van der Waals surface area (Å²) in [6.07, 6.45) is 1.60. The molecule has 2 aromatic rings.